The highest BCUT2D eigenvalue weighted by atomic mass is 16.5. The van der Waals surface area contributed by atoms with Crippen molar-refractivity contribution in [2.75, 3.05) is 25.9 Å². The number of hydrogen-bond acceptors (Lipinski definition) is 3. The van der Waals surface area contributed by atoms with Gasteiger partial charge in [-0.15, -0.1) is 0 Å². The molecule has 1 rings (SSSR count). The first-order valence-corrected chi connectivity index (χ1v) is 6.15. The molecule has 0 atom stereocenters. The molecular weight excluding hydrogens is 228 g/mol. The summed E-state index contributed by atoms with van der Waals surface area (Å²) in [6.45, 7) is 6.93. The van der Waals surface area contributed by atoms with E-state index in [4.69, 9.17) is 10.5 Å². The van der Waals surface area contributed by atoms with Crippen molar-refractivity contribution >= 4 is 11.6 Å². The first kappa shape index (κ1) is 14.5. The summed E-state index contributed by atoms with van der Waals surface area (Å²) < 4.78 is 5.43. The Balaban J connectivity index is 2.66. The van der Waals surface area contributed by atoms with Crippen molar-refractivity contribution in [1.29, 1.82) is 0 Å². The van der Waals surface area contributed by atoms with Gasteiger partial charge in [-0.2, -0.15) is 0 Å². The van der Waals surface area contributed by atoms with Crippen molar-refractivity contribution in [2.45, 2.75) is 26.9 Å². The third kappa shape index (κ3) is 3.74. The van der Waals surface area contributed by atoms with E-state index >= 15 is 0 Å². The molecule has 0 unspecified atom stereocenters. The molecule has 0 aliphatic carbocycles. The fourth-order valence-electron chi connectivity index (χ4n) is 1.62. The van der Waals surface area contributed by atoms with Crippen LogP contribution in [0.3, 0.4) is 0 Å². The number of anilines is 1. The number of nitrogens with two attached hydrogens (primary N) is 1. The van der Waals surface area contributed by atoms with Gasteiger partial charge in [0.05, 0.1) is 12.7 Å². The van der Waals surface area contributed by atoms with Crippen LogP contribution in [0.2, 0.25) is 0 Å². The maximum Gasteiger partial charge on any atom is 0.254 e. The standard InChI is InChI=1S/C14H22N2O2/c1-10(2)18-9-8-16(4)14(17)12-6-5-7-13(15)11(12)3/h5-7,10H,8-9,15H2,1-4H3. The number of likely N-dealkylation sites (N-methyl/N-ethyl adjacent to an activating group) is 1. The van der Waals surface area contributed by atoms with E-state index in [0.29, 0.717) is 24.4 Å². The zero-order valence-electron chi connectivity index (χ0n) is 11.6. The Morgan fingerprint density at radius 3 is 2.72 bits per heavy atom. The fraction of sp³-hybridized carbons (Fsp3) is 0.500. The van der Waals surface area contributed by atoms with Gasteiger partial charge in [0.2, 0.25) is 0 Å². The quantitative estimate of drug-likeness (QED) is 0.814. The van der Waals surface area contributed by atoms with Crippen molar-refractivity contribution in [3.8, 4) is 0 Å². The van der Waals surface area contributed by atoms with E-state index in [2.05, 4.69) is 0 Å². The van der Waals surface area contributed by atoms with Gasteiger partial charge in [-0.25, -0.2) is 0 Å². The van der Waals surface area contributed by atoms with Crippen LogP contribution < -0.4 is 5.73 Å². The summed E-state index contributed by atoms with van der Waals surface area (Å²) in [5, 5.41) is 0. The molecule has 1 amide bonds. The maximum absolute atomic E-state index is 12.2. The van der Waals surface area contributed by atoms with Crippen molar-refractivity contribution < 1.29 is 9.53 Å². The lowest BCUT2D eigenvalue weighted by Crippen LogP contribution is -2.31. The molecule has 4 nitrogen and oxygen atoms in total. The molecule has 100 valence electrons. The van der Waals surface area contributed by atoms with Crippen LogP contribution in [0, 0.1) is 6.92 Å². The minimum Gasteiger partial charge on any atom is -0.398 e. The van der Waals surface area contributed by atoms with Crippen LogP contribution in [0.1, 0.15) is 29.8 Å². The summed E-state index contributed by atoms with van der Waals surface area (Å²) in [6.07, 6.45) is 0.183. The number of rotatable bonds is 5. The second-order valence-corrected chi connectivity index (χ2v) is 4.67. The van der Waals surface area contributed by atoms with E-state index in [9.17, 15) is 4.79 Å². The van der Waals surface area contributed by atoms with Crippen molar-refractivity contribution in [3.63, 3.8) is 0 Å². The number of nitrogen functional groups attached to an aromatic ring is 1. The molecular formula is C14H22N2O2. The third-order valence-corrected chi connectivity index (χ3v) is 2.83. The second kappa shape index (κ2) is 6.40. The van der Waals surface area contributed by atoms with Gasteiger partial charge < -0.3 is 15.4 Å². The van der Waals surface area contributed by atoms with E-state index < -0.39 is 0 Å². The summed E-state index contributed by atoms with van der Waals surface area (Å²) >= 11 is 0. The Kier molecular flexibility index (Phi) is 5.16. The Labute approximate surface area is 109 Å². The predicted molar refractivity (Wildman–Crippen MR) is 73.6 cm³/mol. The average molecular weight is 250 g/mol. The van der Waals surface area contributed by atoms with Gasteiger partial charge in [0.25, 0.3) is 5.91 Å². The molecule has 0 saturated heterocycles. The maximum atomic E-state index is 12.2. The molecule has 1 aromatic carbocycles. The molecule has 1 aromatic rings. The van der Waals surface area contributed by atoms with E-state index in [1.165, 1.54) is 0 Å². The molecule has 0 heterocycles. The fourth-order valence-corrected chi connectivity index (χ4v) is 1.62. The number of nitrogens with zero attached hydrogens (tertiary/aromatic N) is 1. The molecule has 0 saturated carbocycles. The number of carbonyl (C=O) groups is 1. The summed E-state index contributed by atoms with van der Waals surface area (Å²) in [5.74, 6) is -0.0212. The lowest BCUT2D eigenvalue weighted by molar-refractivity contribution is 0.0531. The third-order valence-electron chi connectivity index (χ3n) is 2.83. The van der Waals surface area contributed by atoms with Crippen LogP contribution in [0.4, 0.5) is 5.69 Å². The van der Waals surface area contributed by atoms with Crippen LogP contribution in [0.15, 0.2) is 18.2 Å². The first-order chi connectivity index (χ1) is 8.43. The van der Waals surface area contributed by atoms with Crippen LogP contribution in [-0.4, -0.2) is 37.1 Å². The van der Waals surface area contributed by atoms with E-state index in [-0.39, 0.29) is 12.0 Å². The second-order valence-electron chi connectivity index (χ2n) is 4.67. The molecule has 0 aliphatic rings. The van der Waals surface area contributed by atoms with Crippen LogP contribution in [-0.2, 0) is 4.74 Å². The average Bonchev–Trinajstić information content (AvgIpc) is 2.31. The molecule has 0 radical (unpaired) electrons. The Hall–Kier alpha value is -1.55. The van der Waals surface area contributed by atoms with Gasteiger partial charge in [0, 0.05) is 24.8 Å². The SMILES string of the molecule is Cc1c(N)cccc1C(=O)N(C)CCOC(C)C. The van der Waals surface area contributed by atoms with Gasteiger partial charge in [-0.3, -0.25) is 4.79 Å². The molecule has 0 bridgehead atoms. The van der Waals surface area contributed by atoms with Gasteiger partial charge in [0.15, 0.2) is 0 Å². The van der Waals surface area contributed by atoms with Crippen molar-refractivity contribution in [1.82, 2.24) is 4.90 Å². The number of carbonyl (C=O) groups excluding carboxylic acids is 1. The summed E-state index contributed by atoms with van der Waals surface area (Å²) in [7, 11) is 1.77. The lowest BCUT2D eigenvalue weighted by atomic mass is 10.1. The Bertz CT molecular complexity index is 416. The molecule has 0 spiro atoms. The number of amides is 1. The number of ether oxygens (including phenoxy) is 1. The Morgan fingerprint density at radius 2 is 2.11 bits per heavy atom. The normalized spacial score (nSPS) is 10.7. The number of hydrogen-bond donors (Lipinski definition) is 1. The van der Waals surface area contributed by atoms with Crippen LogP contribution in [0.25, 0.3) is 0 Å². The monoisotopic (exact) mass is 250 g/mol. The van der Waals surface area contributed by atoms with Gasteiger partial charge in [-0.1, -0.05) is 6.07 Å². The minimum atomic E-state index is -0.0212. The van der Waals surface area contributed by atoms with E-state index in [1.54, 1.807) is 30.1 Å². The molecule has 2 N–H and O–H groups in total. The molecule has 0 fully saturated rings. The molecule has 18 heavy (non-hydrogen) atoms. The lowest BCUT2D eigenvalue weighted by Gasteiger charge is -2.19. The molecule has 0 aromatic heterocycles. The highest BCUT2D eigenvalue weighted by Crippen LogP contribution is 2.16. The van der Waals surface area contributed by atoms with Gasteiger partial charge in [0.1, 0.15) is 0 Å². The van der Waals surface area contributed by atoms with Gasteiger partial charge >= 0.3 is 0 Å². The summed E-state index contributed by atoms with van der Waals surface area (Å²) in [4.78, 5) is 13.9. The summed E-state index contributed by atoms with van der Waals surface area (Å²) in [6, 6.07) is 5.40. The zero-order chi connectivity index (χ0) is 13.7. The highest BCUT2D eigenvalue weighted by Gasteiger charge is 2.14. The Morgan fingerprint density at radius 1 is 1.44 bits per heavy atom. The predicted octanol–water partition coefficient (Wildman–Crippen LogP) is 2.07. The number of benzene rings is 1. The zero-order valence-corrected chi connectivity index (χ0v) is 11.6. The van der Waals surface area contributed by atoms with E-state index in [1.807, 2.05) is 20.8 Å². The van der Waals surface area contributed by atoms with Crippen LogP contribution in [0.5, 0.6) is 0 Å². The highest BCUT2D eigenvalue weighted by molar-refractivity contribution is 5.96. The van der Waals surface area contributed by atoms with Gasteiger partial charge in [-0.05, 0) is 38.5 Å². The largest absolute Gasteiger partial charge is 0.398 e. The smallest absolute Gasteiger partial charge is 0.254 e. The summed E-state index contributed by atoms with van der Waals surface area (Å²) in [5.41, 5.74) is 7.94. The minimum absolute atomic E-state index is 0.0212. The molecule has 0 aliphatic heterocycles. The van der Waals surface area contributed by atoms with Crippen molar-refractivity contribution in [2.24, 2.45) is 0 Å². The first-order valence-electron chi connectivity index (χ1n) is 6.15. The molecule has 4 heteroatoms. The van der Waals surface area contributed by atoms with E-state index in [0.717, 1.165) is 5.56 Å². The van der Waals surface area contributed by atoms with Crippen molar-refractivity contribution in [3.05, 3.63) is 29.3 Å². The van der Waals surface area contributed by atoms with Crippen LogP contribution >= 0.6 is 0 Å². The topological polar surface area (TPSA) is 55.6 Å².